The standard InChI is InChI=1S/C12H13NO/c14-12-8-6-11(7-9-12)13-10-4-2-1-3-5-10/h1-6,8-9,11,13-14H,7H2. The quantitative estimate of drug-likeness (QED) is 0.746. The van der Waals surface area contributed by atoms with Crippen molar-refractivity contribution < 1.29 is 5.11 Å². The minimum absolute atomic E-state index is 0.285. The Kier molecular flexibility index (Phi) is 2.54. The topological polar surface area (TPSA) is 32.3 Å². The molecule has 0 saturated carbocycles. The van der Waals surface area contributed by atoms with Gasteiger partial charge in [-0.3, -0.25) is 0 Å². The SMILES string of the molecule is OC1=CCC(Nc2ccccc2)C=C1. The van der Waals surface area contributed by atoms with Crippen LogP contribution in [-0.2, 0) is 0 Å². The van der Waals surface area contributed by atoms with Crippen molar-refractivity contribution in [3.8, 4) is 0 Å². The molecule has 0 heterocycles. The highest BCUT2D eigenvalue weighted by atomic mass is 16.3. The second kappa shape index (κ2) is 4.01. The van der Waals surface area contributed by atoms with Crippen LogP contribution in [0.4, 0.5) is 5.69 Å². The van der Waals surface area contributed by atoms with Gasteiger partial charge in [0.15, 0.2) is 0 Å². The first-order valence-electron chi connectivity index (χ1n) is 4.73. The normalized spacial score (nSPS) is 20.3. The number of rotatable bonds is 2. The van der Waals surface area contributed by atoms with E-state index in [1.165, 1.54) is 0 Å². The number of hydrogen-bond donors (Lipinski definition) is 2. The van der Waals surface area contributed by atoms with Gasteiger partial charge in [-0.15, -0.1) is 0 Å². The van der Waals surface area contributed by atoms with Crippen LogP contribution in [0.1, 0.15) is 6.42 Å². The van der Waals surface area contributed by atoms with Crippen LogP contribution in [0.5, 0.6) is 0 Å². The highest BCUT2D eigenvalue weighted by Crippen LogP contribution is 2.14. The summed E-state index contributed by atoms with van der Waals surface area (Å²) in [4.78, 5) is 0. The van der Waals surface area contributed by atoms with Gasteiger partial charge >= 0.3 is 0 Å². The van der Waals surface area contributed by atoms with E-state index < -0.39 is 0 Å². The summed E-state index contributed by atoms with van der Waals surface area (Å²) in [7, 11) is 0. The van der Waals surface area contributed by atoms with Gasteiger partial charge in [0.1, 0.15) is 5.76 Å². The smallest absolute Gasteiger partial charge is 0.111 e. The van der Waals surface area contributed by atoms with Crippen molar-refractivity contribution in [3.63, 3.8) is 0 Å². The summed E-state index contributed by atoms with van der Waals surface area (Å²) in [5.74, 6) is 0.358. The van der Waals surface area contributed by atoms with Crippen LogP contribution in [0.3, 0.4) is 0 Å². The Bertz CT molecular complexity index is 354. The monoisotopic (exact) mass is 187 g/mol. The lowest BCUT2D eigenvalue weighted by Gasteiger charge is -2.17. The summed E-state index contributed by atoms with van der Waals surface area (Å²) >= 11 is 0. The number of nitrogens with one attached hydrogen (secondary N) is 1. The number of anilines is 1. The Hall–Kier alpha value is -1.70. The van der Waals surface area contributed by atoms with Crippen molar-refractivity contribution in [3.05, 3.63) is 54.3 Å². The van der Waals surface area contributed by atoms with E-state index in [1.807, 2.05) is 42.5 Å². The maximum Gasteiger partial charge on any atom is 0.111 e. The Morgan fingerprint density at radius 3 is 2.64 bits per heavy atom. The van der Waals surface area contributed by atoms with Gasteiger partial charge in [-0.25, -0.2) is 0 Å². The first kappa shape index (κ1) is 8.88. The molecule has 0 spiro atoms. The average Bonchev–Trinajstić information content (AvgIpc) is 2.23. The van der Waals surface area contributed by atoms with E-state index in [1.54, 1.807) is 6.08 Å². The molecule has 14 heavy (non-hydrogen) atoms. The number of aliphatic hydroxyl groups excluding tert-OH is 1. The van der Waals surface area contributed by atoms with Gasteiger partial charge in [0, 0.05) is 11.7 Å². The summed E-state index contributed by atoms with van der Waals surface area (Å²) in [6.45, 7) is 0. The summed E-state index contributed by atoms with van der Waals surface area (Å²) in [5, 5.41) is 12.5. The number of aliphatic hydroxyl groups is 1. The molecule has 0 fully saturated rings. The van der Waals surface area contributed by atoms with Crippen molar-refractivity contribution in [1.29, 1.82) is 0 Å². The lowest BCUT2D eigenvalue weighted by Crippen LogP contribution is -2.17. The number of allylic oxidation sites excluding steroid dienone is 1. The van der Waals surface area contributed by atoms with E-state index >= 15 is 0 Å². The fraction of sp³-hybridized carbons (Fsp3) is 0.167. The summed E-state index contributed by atoms with van der Waals surface area (Å²) in [6.07, 6.45) is 6.35. The first-order chi connectivity index (χ1) is 6.84. The Labute approximate surface area is 83.6 Å². The van der Waals surface area contributed by atoms with Gasteiger partial charge in [0.05, 0.1) is 0 Å². The molecule has 0 radical (unpaired) electrons. The number of hydrogen-bond acceptors (Lipinski definition) is 2. The molecule has 1 aromatic rings. The molecule has 2 N–H and O–H groups in total. The molecular formula is C12H13NO. The van der Waals surface area contributed by atoms with E-state index in [2.05, 4.69) is 5.32 Å². The second-order valence-electron chi connectivity index (χ2n) is 3.34. The van der Waals surface area contributed by atoms with E-state index in [4.69, 9.17) is 5.11 Å². The van der Waals surface area contributed by atoms with Crippen LogP contribution in [0, 0.1) is 0 Å². The zero-order chi connectivity index (χ0) is 9.80. The molecule has 2 heteroatoms. The van der Waals surface area contributed by atoms with Crippen LogP contribution >= 0.6 is 0 Å². The summed E-state index contributed by atoms with van der Waals surface area (Å²) in [5.41, 5.74) is 1.11. The molecule has 1 aliphatic carbocycles. The molecule has 0 saturated heterocycles. The van der Waals surface area contributed by atoms with Gasteiger partial charge in [-0.2, -0.15) is 0 Å². The van der Waals surface area contributed by atoms with Crippen LogP contribution in [0.2, 0.25) is 0 Å². The third-order valence-electron chi connectivity index (χ3n) is 2.21. The van der Waals surface area contributed by atoms with E-state index in [9.17, 15) is 0 Å². The second-order valence-corrected chi connectivity index (χ2v) is 3.34. The Balaban J connectivity index is 1.98. The maximum absolute atomic E-state index is 9.14. The van der Waals surface area contributed by atoms with E-state index in [0.717, 1.165) is 12.1 Å². The molecular weight excluding hydrogens is 174 g/mol. The van der Waals surface area contributed by atoms with Gasteiger partial charge in [0.25, 0.3) is 0 Å². The zero-order valence-corrected chi connectivity index (χ0v) is 7.85. The fourth-order valence-corrected chi connectivity index (χ4v) is 1.46. The van der Waals surface area contributed by atoms with Gasteiger partial charge in [0.2, 0.25) is 0 Å². The Morgan fingerprint density at radius 2 is 2.00 bits per heavy atom. The maximum atomic E-state index is 9.14. The predicted molar refractivity (Wildman–Crippen MR) is 58.3 cm³/mol. The number of para-hydroxylation sites is 1. The van der Waals surface area contributed by atoms with Gasteiger partial charge in [-0.05, 0) is 30.7 Å². The van der Waals surface area contributed by atoms with Gasteiger partial charge in [-0.1, -0.05) is 24.3 Å². The Morgan fingerprint density at radius 1 is 1.21 bits per heavy atom. The van der Waals surface area contributed by atoms with Crippen molar-refractivity contribution in [1.82, 2.24) is 0 Å². The predicted octanol–water partition coefficient (Wildman–Crippen LogP) is 2.87. The summed E-state index contributed by atoms with van der Waals surface area (Å²) in [6, 6.07) is 10.4. The largest absolute Gasteiger partial charge is 0.508 e. The highest BCUT2D eigenvalue weighted by Gasteiger charge is 2.06. The van der Waals surface area contributed by atoms with Crippen LogP contribution in [0.15, 0.2) is 54.3 Å². The molecule has 0 bridgehead atoms. The third kappa shape index (κ3) is 2.16. The van der Waals surface area contributed by atoms with Crippen LogP contribution in [-0.4, -0.2) is 11.1 Å². The van der Waals surface area contributed by atoms with Crippen LogP contribution in [0.25, 0.3) is 0 Å². The molecule has 1 aromatic carbocycles. The molecule has 2 nitrogen and oxygen atoms in total. The molecule has 0 aromatic heterocycles. The molecule has 72 valence electrons. The lowest BCUT2D eigenvalue weighted by atomic mass is 10.1. The molecule has 1 aliphatic rings. The number of benzene rings is 1. The molecule has 0 amide bonds. The van der Waals surface area contributed by atoms with E-state index in [-0.39, 0.29) is 6.04 Å². The minimum Gasteiger partial charge on any atom is -0.508 e. The fourth-order valence-electron chi connectivity index (χ4n) is 1.46. The van der Waals surface area contributed by atoms with E-state index in [0.29, 0.717) is 5.76 Å². The molecule has 2 rings (SSSR count). The average molecular weight is 187 g/mol. The molecule has 1 atom stereocenters. The molecule has 0 aliphatic heterocycles. The molecule has 1 unspecified atom stereocenters. The van der Waals surface area contributed by atoms with Crippen molar-refractivity contribution >= 4 is 5.69 Å². The van der Waals surface area contributed by atoms with Crippen LogP contribution < -0.4 is 5.32 Å². The van der Waals surface area contributed by atoms with Crippen molar-refractivity contribution in [2.45, 2.75) is 12.5 Å². The third-order valence-corrected chi connectivity index (χ3v) is 2.21. The highest BCUT2D eigenvalue weighted by molar-refractivity contribution is 5.45. The minimum atomic E-state index is 0.285. The first-order valence-corrected chi connectivity index (χ1v) is 4.73. The van der Waals surface area contributed by atoms with Crippen molar-refractivity contribution in [2.75, 3.05) is 5.32 Å². The summed E-state index contributed by atoms with van der Waals surface area (Å²) < 4.78 is 0. The lowest BCUT2D eigenvalue weighted by molar-refractivity contribution is 0.426. The van der Waals surface area contributed by atoms with Gasteiger partial charge < -0.3 is 10.4 Å². The van der Waals surface area contributed by atoms with Crippen molar-refractivity contribution in [2.24, 2.45) is 0 Å². The zero-order valence-electron chi connectivity index (χ0n) is 7.85.